The highest BCUT2D eigenvalue weighted by Gasteiger charge is 2.34. The number of nitrogens with one attached hydrogen (secondary N) is 2. The van der Waals surface area contributed by atoms with Crippen molar-refractivity contribution in [3.63, 3.8) is 0 Å². The lowest BCUT2D eigenvalue weighted by Gasteiger charge is -2.27. The first kappa shape index (κ1) is 32.8. The van der Waals surface area contributed by atoms with Crippen molar-refractivity contribution >= 4 is 21.9 Å². The Balaban J connectivity index is 1.78. The predicted octanol–water partition coefficient (Wildman–Crippen LogP) is 4.63. The van der Waals surface area contributed by atoms with Crippen LogP contribution in [-0.2, 0) is 37.4 Å². The molecular formula is C31H41N3O7S. The number of hydrogen-bond acceptors (Lipinski definition) is 8. The molecule has 2 aromatic carbocycles. The second-order valence-corrected chi connectivity index (χ2v) is 13.3. The van der Waals surface area contributed by atoms with E-state index in [1.165, 1.54) is 13.8 Å². The standard InChI is InChI=1S/C31H41N3O7S/c1-20(2)17-26(34-42(37,38)28-21(3)33-41-22(28)4)29(35)32-27(30(36)40-31(5,6)7)18-23-13-15-25(16-14-23)39-19-24-11-9-8-10-12-24/h8-16,20,26-27,34H,17-19H2,1-7H3,(H,32,35)/t26-,27-/m0/s1. The van der Waals surface area contributed by atoms with Gasteiger partial charge in [-0.25, -0.2) is 13.2 Å². The van der Waals surface area contributed by atoms with Crippen LogP contribution in [0.5, 0.6) is 5.75 Å². The summed E-state index contributed by atoms with van der Waals surface area (Å²) in [6.07, 6.45) is 0.327. The van der Waals surface area contributed by atoms with Crippen molar-refractivity contribution in [3.05, 3.63) is 77.2 Å². The van der Waals surface area contributed by atoms with E-state index in [-0.39, 0.29) is 35.1 Å². The number of carbonyl (C=O) groups excluding carboxylic acids is 2. The fourth-order valence-electron chi connectivity index (χ4n) is 4.32. The predicted molar refractivity (Wildman–Crippen MR) is 158 cm³/mol. The molecule has 42 heavy (non-hydrogen) atoms. The van der Waals surface area contributed by atoms with Gasteiger partial charge in [-0.15, -0.1) is 0 Å². The molecule has 1 amide bonds. The molecule has 1 aromatic heterocycles. The van der Waals surface area contributed by atoms with E-state index in [0.717, 1.165) is 11.1 Å². The van der Waals surface area contributed by atoms with E-state index in [1.54, 1.807) is 32.9 Å². The Morgan fingerprint density at radius 3 is 2.14 bits per heavy atom. The van der Waals surface area contributed by atoms with Crippen molar-refractivity contribution in [1.82, 2.24) is 15.2 Å². The van der Waals surface area contributed by atoms with Gasteiger partial charge in [-0.3, -0.25) is 4.79 Å². The van der Waals surface area contributed by atoms with E-state index >= 15 is 0 Å². The summed E-state index contributed by atoms with van der Waals surface area (Å²) in [4.78, 5) is 26.6. The zero-order chi connectivity index (χ0) is 31.1. The Kier molecular flexibility index (Phi) is 10.9. The molecule has 2 atom stereocenters. The Hall–Kier alpha value is -3.70. The SMILES string of the molecule is Cc1noc(C)c1S(=O)(=O)N[C@@H](CC(C)C)C(=O)N[C@@H](Cc1ccc(OCc2ccccc2)cc1)C(=O)OC(C)(C)C. The van der Waals surface area contributed by atoms with Crippen molar-refractivity contribution in [2.24, 2.45) is 5.92 Å². The summed E-state index contributed by atoms with van der Waals surface area (Å²) >= 11 is 0. The number of ether oxygens (including phenoxy) is 2. The van der Waals surface area contributed by atoms with Gasteiger partial charge in [0.05, 0.1) is 0 Å². The number of sulfonamides is 1. The van der Waals surface area contributed by atoms with Crippen LogP contribution in [0, 0.1) is 19.8 Å². The summed E-state index contributed by atoms with van der Waals surface area (Å²) in [7, 11) is -4.14. The van der Waals surface area contributed by atoms with Gasteiger partial charge in [-0.1, -0.05) is 61.5 Å². The van der Waals surface area contributed by atoms with E-state index in [4.69, 9.17) is 14.0 Å². The van der Waals surface area contributed by atoms with Gasteiger partial charge in [-0.05, 0) is 70.2 Å². The molecule has 3 aromatic rings. The minimum absolute atomic E-state index is 0.0310. The third-order valence-electron chi connectivity index (χ3n) is 6.18. The van der Waals surface area contributed by atoms with Crippen LogP contribution in [-0.4, -0.2) is 43.1 Å². The molecule has 10 nitrogen and oxygen atoms in total. The maximum Gasteiger partial charge on any atom is 0.329 e. The largest absolute Gasteiger partial charge is 0.489 e. The molecule has 11 heteroatoms. The van der Waals surface area contributed by atoms with Crippen LogP contribution in [0.4, 0.5) is 0 Å². The van der Waals surface area contributed by atoms with Gasteiger partial charge in [0.15, 0.2) is 5.76 Å². The normalized spacial score (nSPS) is 13.4. The van der Waals surface area contributed by atoms with Crippen LogP contribution in [0.1, 0.15) is 63.6 Å². The molecule has 0 saturated carbocycles. The summed E-state index contributed by atoms with van der Waals surface area (Å²) in [6.45, 7) is 12.4. The molecule has 0 aliphatic heterocycles. The summed E-state index contributed by atoms with van der Waals surface area (Å²) in [5.74, 6) is -0.524. The highest BCUT2D eigenvalue weighted by molar-refractivity contribution is 7.89. The lowest BCUT2D eigenvalue weighted by atomic mass is 10.0. The van der Waals surface area contributed by atoms with Crippen LogP contribution >= 0.6 is 0 Å². The Morgan fingerprint density at radius 1 is 0.952 bits per heavy atom. The molecule has 228 valence electrons. The number of aryl methyl sites for hydroxylation is 2. The molecule has 0 fully saturated rings. The molecule has 0 spiro atoms. The number of esters is 1. The van der Waals surface area contributed by atoms with Gasteiger partial charge in [0.1, 0.15) is 40.6 Å². The molecule has 0 bridgehead atoms. The van der Waals surface area contributed by atoms with E-state index in [9.17, 15) is 18.0 Å². The number of benzene rings is 2. The number of amides is 1. The molecule has 0 aliphatic rings. The van der Waals surface area contributed by atoms with Crippen molar-refractivity contribution in [2.45, 2.75) is 90.5 Å². The first-order valence-electron chi connectivity index (χ1n) is 13.9. The van der Waals surface area contributed by atoms with E-state index in [2.05, 4.69) is 15.2 Å². The molecule has 2 N–H and O–H groups in total. The minimum Gasteiger partial charge on any atom is -0.489 e. The van der Waals surface area contributed by atoms with E-state index in [0.29, 0.717) is 12.4 Å². The maximum absolute atomic E-state index is 13.5. The minimum atomic E-state index is -4.14. The topological polar surface area (TPSA) is 137 Å². The number of nitrogens with zero attached hydrogens (tertiary/aromatic N) is 1. The van der Waals surface area contributed by atoms with Gasteiger partial charge >= 0.3 is 5.97 Å². The third-order valence-corrected chi connectivity index (χ3v) is 7.89. The molecule has 0 aliphatic carbocycles. The second kappa shape index (κ2) is 14.0. The smallest absolute Gasteiger partial charge is 0.329 e. The summed E-state index contributed by atoms with van der Waals surface area (Å²) < 4.78 is 45.4. The zero-order valence-electron chi connectivity index (χ0n) is 25.3. The number of carbonyl (C=O) groups is 2. The van der Waals surface area contributed by atoms with Gasteiger partial charge in [0, 0.05) is 6.42 Å². The first-order chi connectivity index (χ1) is 19.6. The first-order valence-corrected chi connectivity index (χ1v) is 15.4. The van der Waals surface area contributed by atoms with Gasteiger partial charge in [0.2, 0.25) is 15.9 Å². The van der Waals surface area contributed by atoms with Crippen molar-refractivity contribution in [3.8, 4) is 5.75 Å². The molecule has 1 heterocycles. The van der Waals surface area contributed by atoms with Crippen molar-refractivity contribution < 1.29 is 32.0 Å². The van der Waals surface area contributed by atoms with Crippen LogP contribution in [0.2, 0.25) is 0 Å². The maximum atomic E-state index is 13.5. The van der Waals surface area contributed by atoms with Gasteiger partial charge in [0.25, 0.3) is 0 Å². The highest BCUT2D eigenvalue weighted by atomic mass is 32.2. The van der Waals surface area contributed by atoms with Crippen LogP contribution in [0.15, 0.2) is 64.0 Å². The Bertz CT molecular complexity index is 1420. The summed E-state index contributed by atoms with van der Waals surface area (Å²) in [6, 6.07) is 14.8. The summed E-state index contributed by atoms with van der Waals surface area (Å²) in [5, 5.41) is 6.46. The van der Waals surface area contributed by atoms with Crippen molar-refractivity contribution in [2.75, 3.05) is 0 Å². The zero-order valence-corrected chi connectivity index (χ0v) is 26.1. The second-order valence-electron chi connectivity index (χ2n) is 11.7. The molecule has 0 saturated heterocycles. The van der Waals surface area contributed by atoms with Crippen LogP contribution in [0.25, 0.3) is 0 Å². The monoisotopic (exact) mass is 599 g/mol. The van der Waals surface area contributed by atoms with E-state index < -0.39 is 39.6 Å². The fraction of sp³-hybridized carbons (Fsp3) is 0.452. The fourth-order valence-corrected chi connectivity index (χ4v) is 5.86. The molecule has 0 radical (unpaired) electrons. The summed E-state index contributed by atoms with van der Waals surface area (Å²) in [5.41, 5.74) is 1.19. The van der Waals surface area contributed by atoms with Crippen LogP contribution < -0.4 is 14.8 Å². The highest BCUT2D eigenvalue weighted by Crippen LogP contribution is 2.21. The average Bonchev–Trinajstić information content (AvgIpc) is 3.25. The van der Waals surface area contributed by atoms with Crippen molar-refractivity contribution in [1.29, 1.82) is 0 Å². The molecule has 0 unspecified atom stereocenters. The number of aromatic nitrogens is 1. The number of hydrogen-bond donors (Lipinski definition) is 2. The molecular weight excluding hydrogens is 558 g/mol. The third kappa shape index (κ3) is 9.70. The molecule has 3 rings (SSSR count). The lowest BCUT2D eigenvalue weighted by molar-refractivity contribution is -0.158. The average molecular weight is 600 g/mol. The Morgan fingerprint density at radius 2 is 1.60 bits per heavy atom. The Labute approximate surface area is 248 Å². The number of rotatable bonds is 13. The van der Waals surface area contributed by atoms with E-state index in [1.807, 2.05) is 56.3 Å². The quantitative estimate of drug-likeness (QED) is 0.271. The van der Waals surface area contributed by atoms with Crippen LogP contribution in [0.3, 0.4) is 0 Å². The van der Waals surface area contributed by atoms with Gasteiger partial charge in [-0.2, -0.15) is 4.72 Å². The lowest BCUT2D eigenvalue weighted by Crippen LogP contribution is -2.53. The van der Waals surface area contributed by atoms with Gasteiger partial charge < -0.3 is 19.3 Å².